The summed E-state index contributed by atoms with van der Waals surface area (Å²) in [5.74, 6) is 0. The van der Waals surface area contributed by atoms with Crippen LogP contribution in [0.1, 0.15) is 44.5 Å². The molecule has 0 unspecified atom stereocenters. The summed E-state index contributed by atoms with van der Waals surface area (Å²) in [4.78, 5) is 0. The Kier molecular flexibility index (Phi) is 18.0. The Hall–Kier alpha value is -2.33. The number of halogens is 2. The van der Waals surface area contributed by atoms with Crippen molar-refractivity contribution in [2.75, 3.05) is 0 Å². The molecule has 0 heterocycles. The normalized spacial score (nSPS) is 9.83. The fourth-order valence-electron chi connectivity index (χ4n) is 6.07. The van der Waals surface area contributed by atoms with Crippen molar-refractivity contribution in [2.45, 2.75) is 55.4 Å². The Balaban J connectivity index is 0.000000311. The Morgan fingerprint density at radius 2 is 0.479 bits per heavy atom. The third kappa shape index (κ3) is 9.89. The molecule has 8 rings (SSSR count). The summed E-state index contributed by atoms with van der Waals surface area (Å²) in [6.07, 6.45) is 0. The van der Waals surface area contributed by atoms with Crippen LogP contribution in [0, 0.1) is 55.4 Å². The molecule has 0 aliphatic carbocycles. The van der Waals surface area contributed by atoms with Crippen molar-refractivity contribution in [3.8, 4) is 0 Å². The Labute approximate surface area is 338 Å². The van der Waals surface area contributed by atoms with Gasteiger partial charge in [-0.05, 0) is 0 Å². The first-order valence-electron chi connectivity index (χ1n) is 15.6. The molecule has 4 heteroatoms. The zero-order valence-electron chi connectivity index (χ0n) is 29.3. The molecule has 0 aliphatic heterocycles. The minimum absolute atomic E-state index is 0. The summed E-state index contributed by atoms with van der Waals surface area (Å²) in [6.45, 7) is 17.4. The molecule has 0 radical (unpaired) electrons. The molecule has 0 saturated heterocycles. The summed E-state index contributed by atoms with van der Waals surface area (Å²) < 4.78 is 0. The molecule has 0 aliphatic rings. The van der Waals surface area contributed by atoms with Gasteiger partial charge < -0.3 is 24.8 Å². The molecule has 48 heavy (non-hydrogen) atoms. The number of benzene rings is 4. The van der Waals surface area contributed by atoms with Gasteiger partial charge in [0.25, 0.3) is 0 Å². The number of rotatable bonds is 0. The van der Waals surface area contributed by atoms with Gasteiger partial charge >= 0.3 is 52.4 Å². The van der Waals surface area contributed by atoms with Crippen LogP contribution >= 0.6 is 0 Å². The molecule has 0 N–H and O–H groups in total. The van der Waals surface area contributed by atoms with E-state index in [1.165, 1.54) is 87.6 Å². The molecule has 0 nitrogen and oxygen atoms in total. The van der Waals surface area contributed by atoms with Crippen molar-refractivity contribution >= 4 is 43.1 Å². The Morgan fingerprint density at radius 1 is 0.312 bits per heavy atom. The summed E-state index contributed by atoms with van der Waals surface area (Å²) >= 11 is 0. The van der Waals surface area contributed by atoms with Gasteiger partial charge in [0.05, 0.1) is 0 Å². The first-order valence-corrected chi connectivity index (χ1v) is 15.6. The SMILES string of the molecule is Cc1cc2ccccc2[c-]1C.Cc1cc2ccccc2[c-]1C.Cc1cc2ccccc2[c-]1C.Cc1cc2ccccc2[c-]1C.[Cl-].[Cl-].[Zr+2].[Zr+2]. The topological polar surface area (TPSA) is 0 Å². The average molecular weight is 826 g/mol. The molecule has 0 fully saturated rings. The monoisotopic (exact) mass is 822 g/mol. The number of hydrogen-bond acceptors (Lipinski definition) is 0. The molecular formula is C44H44Cl2Zr2-2. The van der Waals surface area contributed by atoms with E-state index < -0.39 is 0 Å². The van der Waals surface area contributed by atoms with Crippen LogP contribution in [-0.2, 0) is 52.4 Å². The standard InChI is InChI=1S/4C11H11.2ClH.2Zr/c4*1-8-7-10-5-3-4-6-11(10)9(8)2;;;;/h4*3-7H,1-2H3;2*1H;;/q4*-1;;;2*+2/p-2. The molecule has 0 atom stereocenters. The van der Waals surface area contributed by atoms with Crippen molar-refractivity contribution in [3.05, 3.63) is 166 Å². The maximum Gasteiger partial charge on any atom is 2.00 e. The molecule has 8 aromatic carbocycles. The number of aryl methyl sites for hydroxylation is 8. The van der Waals surface area contributed by atoms with Gasteiger partial charge in [0.2, 0.25) is 0 Å². The summed E-state index contributed by atoms with van der Waals surface area (Å²) in [5, 5.41) is 11.0. The van der Waals surface area contributed by atoms with Gasteiger partial charge in [-0.25, -0.2) is 0 Å². The van der Waals surface area contributed by atoms with Gasteiger partial charge in [-0.3, -0.25) is 0 Å². The second-order valence-corrected chi connectivity index (χ2v) is 12.2. The predicted molar refractivity (Wildman–Crippen MR) is 196 cm³/mol. The fourth-order valence-corrected chi connectivity index (χ4v) is 6.07. The van der Waals surface area contributed by atoms with Gasteiger partial charge in [-0.1, -0.05) is 79.7 Å². The van der Waals surface area contributed by atoms with E-state index in [9.17, 15) is 0 Å². The second kappa shape index (κ2) is 19.8. The van der Waals surface area contributed by atoms with E-state index in [0.29, 0.717) is 0 Å². The predicted octanol–water partition coefficient (Wildman–Crippen LogP) is 6.71. The van der Waals surface area contributed by atoms with Crippen LogP contribution in [0.25, 0.3) is 43.1 Å². The second-order valence-electron chi connectivity index (χ2n) is 12.2. The molecule has 8 aromatic rings. The maximum absolute atomic E-state index is 2.24. The molecule has 0 bridgehead atoms. The van der Waals surface area contributed by atoms with Crippen LogP contribution in [0.15, 0.2) is 121 Å². The van der Waals surface area contributed by atoms with Crippen LogP contribution < -0.4 is 24.8 Å². The van der Waals surface area contributed by atoms with Crippen LogP contribution in [0.3, 0.4) is 0 Å². The van der Waals surface area contributed by atoms with E-state index in [4.69, 9.17) is 0 Å². The fraction of sp³-hybridized carbons (Fsp3) is 0.182. The summed E-state index contributed by atoms with van der Waals surface area (Å²) in [6, 6.07) is 43.0. The van der Waals surface area contributed by atoms with E-state index in [1.54, 1.807) is 0 Å². The minimum Gasteiger partial charge on any atom is -1.00 e. The minimum atomic E-state index is 0. The Bertz CT molecular complexity index is 1860. The van der Waals surface area contributed by atoms with Crippen LogP contribution in [0.5, 0.6) is 0 Å². The van der Waals surface area contributed by atoms with Gasteiger partial charge in [0, 0.05) is 0 Å². The van der Waals surface area contributed by atoms with Crippen LogP contribution in [-0.4, -0.2) is 0 Å². The van der Waals surface area contributed by atoms with Gasteiger partial charge in [-0.15, -0.1) is 160 Å². The van der Waals surface area contributed by atoms with Crippen molar-refractivity contribution in [1.82, 2.24) is 0 Å². The molecule has 0 aromatic heterocycles. The molecule has 0 amide bonds. The number of hydrogen-bond donors (Lipinski definition) is 0. The quantitative estimate of drug-likeness (QED) is 0.150. The molecule has 0 spiro atoms. The molecular weight excluding hydrogens is 782 g/mol. The van der Waals surface area contributed by atoms with E-state index in [-0.39, 0.29) is 77.2 Å². The maximum atomic E-state index is 2.24. The van der Waals surface area contributed by atoms with Gasteiger partial charge in [0.1, 0.15) is 0 Å². The Morgan fingerprint density at radius 3 is 0.646 bits per heavy atom. The van der Waals surface area contributed by atoms with Crippen molar-refractivity contribution in [3.63, 3.8) is 0 Å². The number of fused-ring (bicyclic) bond motifs is 4. The largest absolute Gasteiger partial charge is 2.00 e. The first kappa shape index (κ1) is 43.7. The first-order chi connectivity index (χ1) is 21.2. The summed E-state index contributed by atoms with van der Waals surface area (Å²) in [5.41, 5.74) is 11.2. The van der Waals surface area contributed by atoms with Crippen LogP contribution in [0.2, 0.25) is 0 Å². The van der Waals surface area contributed by atoms with E-state index in [2.05, 4.69) is 177 Å². The zero-order valence-corrected chi connectivity index (χ0v) is 35.7. The third-order valence-corrected chi connectivity index (χ3v) is 9.31. The smallest absolute Gasteiger partial charge is 1.00 e. The van der Waals surface area contributed by atoms with Gasteiger partial charge in [-0.2, -0.15) is 24.3 Å². The van der Waals surface area contributed by atoms with Crippen molar-refractivity contribution in [1.29, 1.82) is 0 Å². The van der Waals surface area contributed by atoms with E-state index >= 15 is 0 Å². The van der Waals surface area contributed by atoms with E-state index in [1.807, 2.05) is 0 Å². The third-order valence-electron chi connectivity index (χ3n) is 9.31. The molecule has 244 valence electrons. The average Bonchev–Trinajstić information content (AvgIpc) is 3.71. The van der Waals surface area contributed by atoms with Crippen molar-refractivity contribution < 1.29 is 77.2 Å². The van der Waals surface area contributed by atoms with Crippen LogP contribution in [0.4, 0.5) is 0 Å². The zero-order chi connectivity index (χ0) is 31.4. The molecule has 0 saturated carbocycles. The van der Waals surface area contributed by atoms with E-state index in [0.717, 1.165) is 0 Å². The summed E-state index contributed by atoms with van der Waals surface area (Å²) in [7, 11) is 0. The van der Waals surface area contributed by atoms with Gasteiger partial charge in [0.15, 0.2) is 0 Å². The van der Waals surface area contributed by atoms with Crippen molar-refractivity contribution in [2.24, 2.45) is 0 Å².